The molecule has 1 aliphatic heterocycles. The van der Waals surface area contributed by atoms with E-state index < -0.39 is 0 Å². The summed E-state index contributed by atoms with van der Waals surface area (Å²) in [6.07, 6.45) is 1.60. The molecule has 1 heterocycles. The molecule has 2 aromatic carbocycles. The summed E-state index contributed by atoms with van der Waals surface area (Å²) in [5, 5.41) is 3.57. The third kappa shape index (κ3) is 4.25. The number of anilines is 1. The van der Waals surface area contributed by atoms with E-state index in [-0.39, 0.29) is 17.7 Å². The van der Waals surface area contributed by atoms with Crippen molar-refractivity contribution in [3.05, 3.63) is 64.2 Å². The van der Waals surface area contributed by atoms with Crippen molar-refractivity contribution in [3.63, 3.8) is 0 Å². The summed E-state index contributed by atoms with van der Waals surface area (Å²) in [5.41, 5.74) is 3.54. The minimum absolute atomic E-state index is 0.0257. The van der Waals surface area contributed by atoms with Gasteiger partial charge in [-0.2, -0.15) is 0 Å². The molecule has 1 fully saturated rings. The second-order valence-corrected chi connectivity index (χ2v) is 7.34. The number of carbonyl (C=O) groups excluding carboxylic acids is 2. The molecule has 5 heteroatoms. The zero-order valence-corrected chi connectivity index (χ0v) is 15.8. The van der Waals surface area contributed by atoms with Crippen LogP contribution in [0.5, 0.6) is 0 Å². The first-order chi connectivity index (χ1) is 12.4. The van der Waals surface area contributed by atoms with Crippen molar-refractivity contribution in [2.75, 3.05) is 18.4 Å². The lowest BCUT2D eigenvalue weighted by molar-refractivity contribution is -0.121. The zero-order valence-electron chi connectivity index (χ0n) is 15.1. The van der Waals surface area contributed by atoms with Gasteiger partial charge in [0, 0.05) is 29.4 Å². The highest BCUT2D eigenvalue weighted by Crippen LogP contribution is 2.23. The lowest BCUT2D eigenvalue weighted by atomic mass is 9.96. The van der Waals surface area contributed by atoms with E-state index in [0.717, 1.165) is 29.7 Å². The van der Waals surface area contributed by atoms with Crippen LogP contribution in [-0.2, 0) is 4.79 Å². The minimum Gasteiger partial charge on any atom is -0.338 e. The fraction of sp³-hybridized carbons (Fsp3) is 0.333. The highest BCUT2D eigenvalue weighted by molar-refractivity contribution is 6.30. The summed E-state index contributed by atoms with van der Waals surface area (Å²) in [6.45, 7) is 5.08. The van der Waals surface area contributed by atoms with Gasteiger partial charge >= 0.3 is 0 Å². The van der Waals surface area contributed by atoms with E-state index in [1.807, 2.05) is 32.0 Å². The minimum atomic E-state index is -0.202. The number of hydrogen-bond acceptors (Lipinski definition) is 2. The monoisotopic (exact) mass is 370 g/mol. The van der Waals surface area contributed by atoms with Crippen LogP contribution in [-0.4, -0.2) is 29.8 Å². The number of aryl methyl sites for hydroxylation is 2. The SMILES string of the molecule is Cc1ccc(C)c(NC(=O)[C@H]2CCCN(C(=O)c3cccc(Cl)c3)C2)c1. The van der Waals surface area contributed by atoms with Crippen molar-refractivity contribution in [1.29, 1.82) is 0 Å². The molecule has 2 aromatic rings. The Bertz CT molecular complexity index is 835. The Hall–Kier alpha value is -2.33. The number of piperidine rings is 1. The van der Waals surface area contributed by atoms with Crippen LogP contribution in [0.1, 0.15) is 34.3 Å². The van der Waals surface area contributed by atoms with Gasteiger partial charge in [-0.1, -0.05) is 29.8 Å². The predicted molar refractivity (Wildman–Crippen MR) is 105 cm³/mol. The zero-order chi connectivity index (χ0) is 18.7. The van der Waals surface area contributed by atoms with E-state index in [4.69, 9.17) is 11.6 Å². The molecule has 136 valence electrons. The summed E-state index contributed by atoms with van der Waals surface area (Å²) in [4.78, 5) is 27.2. The van der Waals surface area contributed by atoms with Crippen molar-refractivity contribution in [3.8, 4) is 0 Å². The van der Waals surface area contributed by atoms with Gasteiger partial charge in [0.1, 0.15) is 0 Å². The number of benzene rings is 2. The number of nitrogens with zero attached hydrogens (tertiary/aromatic N) is 1. The average Bonchev–Trinajstić information content (AvgIpc) is 2.64. The summed E-state index contributed by atoms with van der Waals surface area (Å²) in [6, 6.07) is 12.9. The number of likely N-dealkylation sites (tertiary alicyclic amines) is 1. The second kappa shape index (κ2) is 7.92. The molecule has 0 radical (unpaired) electrons. The fourth-order valence-corrected chi connectivity index (χ4v) is 3.48. The molecular formula is C21H23ClN2O2. The van der Waals surface area contributed by atoms with Gasteiger partial charge in [0.2, 0.25) is 5.91 Å². The Morgan fingerprint density at radius 3 is 2.73 bits per heavy atom. The van der Waals surface area contributed by atoms with E-state index in [1.165, 1.54) is 0 Å². The van der Waals surface area contributed by atoms with Gasteiger partial charge in [-0.3, -0.25) is 9.59 Å². The van der Waals surface area contributed by atoms with Crippen molar-refractivity contribution in [2.24, 2.45) is 5.92 Å². The van der Waals surface area contributed by atoms with Crippen molar-refractivity contribution < 1.29 is 9.59 Å². The molecule has 1 atom stereocenters. The molecule has 0 aliphatic carbocycles. The maximum absolute atomic E-state index is 12.7. The van der Waals surface area contributed by atoms with E-state index in [9.17, 15) is 9.59 Å². The first-order valence-corrected chi connectivity index (χ1v) is 9.25. The molecule has 1 saturated heterocycles. The van der Waals surface area contributed by atoms with Gasteiger partial charge in [0.25, 0.3) is 5.91 Å². The highest BCUT2D eigenvalue weighted by atomic mass is 35.5. The Labute approximate surface area is 159 Å². The van der Waals surface area contributed by atoms with Crippen LogP contribution in [0, 0.1) is 19.8 Å². The third-order valence-electron chi connectivity index (χ3n) is 4.80. The molecule has 26 heavy (non-hydrogen) atoms. The molecule has 4 nitrogen and oxygen atoms in total. The number of halogens is 1. The summed E-state index contributed by atoms with van der Waals surface area (Å²) in [7, 11) is 0. The quantitative estimate of drug-likeness (QED) is 0.867. The lowest BCUT2D eigenvalue weighted by Gasteiger charge is -2.32. The highest BCUT2D eigenvalue weighted by Gasteiger charge is 2.29. The maximum atomic E-state index is 12.7. The van der Waals surface area contributed by atoms with Crippen LogP contribution in [0.4, 0.5) is 5.69 Å². The molecule has 0 aromatic heterocycles. The molecular weight excluding hydrogens is 348 g/mol. The van der Waals surface area contributed by atoms with E-state index in [1.54, 1.807) is 29.2 Å². The van der Waals surface area contributed by atoms with Gasteiger partial charge < -0.3 is 10.2 Å². The first-order valence-electron chi connectivity index (χ1n) is 8.87. The van der Waals surface area contributed by atoms with E-state index in [2.05, 4.69) is 5.32 Å². The summed E-state index contributed by atoms with van der Waals surface area (Å²) in [5.74, 6) is -0.300. The van der Waals surface area contributed by atoms with Crippen LogP contribution in [0.2, 0.25) is 5.02 Å². The Balaban J connectivity index is 1.68. The second-order valence-electron chi connectivity index (χ2n) is 6.91. The van der Waals surface area contributed by atoms with Gasteiger partial charge in [0.05, 0.1) is 5.92 Å². The third-order valence-corrected chi connectivity index (χ3v) is 5.04. The van der Waals surface area contributed by atoms with Gasteiger partial charge in [-0.25, -0.2) is 0 Å². The fourth-order valence-electron chi connectivity index (χ4n) is 3.29. The van der Waals surface area contributed by atoms with Gasteiger partial charge in [-0.15, -0.1) is 0 Å². The number of amides is 2. The smallest absolute Gasteiger partial charge is 0.253 e. The van der Waals surface area contributed by atoms with E-state index in [0.29, 0.717) is 23.7 Å². The number of carbonyl (C=O) groups is 2. The van der Waals surface area contributed by atoms with Crippen LogP contribution < -0.4 is 5.32 Å². The lowest BCUT2D eigenvalue weighted by Crippen LogP contribution is -2.43. The molecule has 3 rings (SSSR count). The Morgan fingerprint density at radius 2 is 1.96 bits per heavy atom. The Morgan fingerprint density at radius 1 is 1.15 bits per heavy atom. The van der Waals surface area contributed by atoms with Crippen molar-refractivity contribution in [2.45, 2.75) is 26.7 Å². The standard InChI is InChI=1S/C21H23ClN2O2/c1-14-8-9-15(2)19(11-14)23-20(25)17-6-4-10-24(13-17)21(26)16-5-3-7-18(22)12-16/h3,5,7-9,11-12,17H,4,6,10,13H2,1-2H3,(H,23,25)/t17-/m0/s1. The average molecular weight is 371 g/mol. The summed E-state index contributed by atoms with van der Waals surface area (Å²) < 4.78 is 0. The molecule has 2 amide bonds. The molecule has 0 spiro atoms. The van der Waals surface area contributed by atoms with Gasteiger partial charge in [-0.05, 0) is 62.1 Å². The van der Waals surface area contributed by atoms with Crippen molar-refractivity contribution in [1.82, 2.24) is 4.90 Å². The normalized spacial score (nSPS) is 17.0. The van der Waals surface area contributed by atoms with Crippen LogP contribution >= 0.6 is 11.6 Å². The molecule has 0 bridgehead atoms. The summed E-state index contributed by atoms with van der Waals surface area (Å²) >= 11 is 5.99. The molecule has 0 saturated carbocycles. The Kier molecular flexibility index (Phi) is 5.62. The number of nitrogens with one attached hydrogen (secondary N) is 1. The number of hydrogen-bond donors (Lipinski definition) is 1. The number of rotatable bonds is 3. The van der Waals surface area contributed by atoms with Crippen molar-refractivity contribution >= 4 is 29.1 Å². The molecule has 1 aliphatic rings. The maximum Gasteiger partial charge on any atom is 0.253 e. The molecule has 0 unspecified atom stereocenters. The topological polar surface area (TPSA) is 49.4 Å². The van der Waals surface area contributed by atoms with Crippen LogP contribution in [0.3, 0.4) is 0 Å². The van der Waals surface area contributed by atoms with E-state index >= 15 is 0 Å². The van der Waals surface area contributed by atoms with Gasteiger partial charge in [0.15, 0.2) is 0 Å². The predicted octanol–water partition coefficient (Wildman–Crippen LogP) is 4.45. The largest absolute Gasteiger partial charge is 0.338 e. The van der Waals surface area contributed by atoms with Crippen LogP contribution in [0.15, 0.2) is 42.5 Å². The molecule has 1 N–H and O–H groups in total. The first kappa shape index (κ1) is 18.5. The van der Waals surface area contributed by atoms with Crippen LogP contribution in [0.25, 0.3) is 0 Å².